The van der Waals surface area contributed by atoms with Crippen LogP contribution in [0.1, 0.15) is 26.5 Å². The lowest BCUT2D eigenvalue weighted by atomic mass is 10.2. The molecule has 1 aromatic carbocycles. The van der Waals surface area contributed by atoms with E-state index in [1.165, 1.54) is 0 Å². The minimum absolute atomic E-state index is 0.303. The van der Waals surface area contributed by atoms with Crippen LogP contribution in [0, 0.1) is 0 Å². The van der Waals surface area contributed by atoms with Crippen LogP contribution in [0.25, 0.3) is 0 Å². The second-order valence-corrected chi connectivity index (χ2v) is 6.09. The van der Waals surface area contributed by atoms with Gasteiger partial charge in [-0.3, -0.25) is 5.32 Å². The monoisotopic (exact) mass is 331 g/mol. The van der Waals surface area contributed by atoms with E-state index in [0.29, 0.717) is 23.7 Å². The smallest absolute Gasteiger partial charge is 0.412 e. The molecule has 7 nitrogen and oxygen atoms in total. The van der Waals surface area contributed by atoms with Crippen LogP contribution in [0.15, 0.2) is 47.1 Å². The number of carbonyl (C=O) groups excluding carboxylic acids is 2. The molecule has 2 aromatic rings. The third kappa shape index (κ3) is 6.04. The van der Waals surface area contributed by atoms with Crippen LogP contribution in [0.3, 0.4) is 0 Å². The van der Waals surface area contributed by atoms with E-state index in [9.17, 15) is 9.59 Å². The van der Waals surface area contributed by atoms with Crippen molar-refractivity contribution in [3.05, 3.63) is 48.4 Å². The van der Waals surface area contributed by atoms with Crippen molar-refractivity contribution in [2.75, 3.05) is 10.6 Å². The lowest BCUT2D eigenvalue weighted by Gasteiger charge is -2.19. The summed E-state index contributed by atoms with van der Waals surface area (Å²) in [5, 5.41) is 7.98. The largest absolute Gasteiger partial charge is 0.467 e. The molecule has 0 radical (unpaired) electrons. The van der Waals surface area contributed by atoms with Gasteiger partial charge in [0.05, 0.1) is 12.8 Å². The minimum atomic E-state index is -0.558. The quantitative estimate of drug-likeness (QED) is 0.791. The summed E-state index contributed by atoms with van der Waals surface area (Å²) in [5.74, 6) is 0.669. The molecule has 128 valence electrons. The normalized spacial score (nSPS) is 10.8. The van der Waals surface area contributed by atoms with E-state index in [1.54, 1.807) is 63.4 Å². The Bertz CT molecular complexity index is 673. The minimum Gasteiger partial charge on any atom is -0.467 e. The highest BCUT2D eigenvalue weighted by atomic mass is 16.6. The van der Waals surface area contributed by atoms with Gasteiger partial charge in [-0.1, -0.05) is 0 Å². The predicted molar refractivity (Wildman–Crippen MR) is 90.9 cm³/mol. The molecule has 0 aliphatic carbocycles. The molecule has 0 aliphatic rings. The van der Waals surface area contributed by atoms with E-state index in [-0.39, 0.29) is 6.03 Å². The molecule has 0 fully saturated rings. The van der Waals surface area contributed by atoms with Crippen molar-refractivity contribution in [3.8, 4) is 0 Å². The summed E-state index contributed by atoms with van der Waals surface area (Å²) in [6.07, 6.45) is 1.02. The van der Waals surface area contributed by atoms with Crippen LogP contribution in [0.5, 0.6) is 0 Å². The first-order valence-corrected chi connectivity index (χ1v) is 7.49. The average molecular weight is 331 g/mol. The standard InChI is InChI=1S/C17H21N3O4/c1-17(2,3)24-16(22)20-13-8-6-12(7-9-13)19-15(21)18-11-14-5-4-10-23-14/h4-10H,11H2,1-3H3,(H,20,22)(H2,18,19,21). The van der Waals surface area contributed by atoms with Crippen LogP contribution < -0.4 is 16.0 Å². The van der Waals surface area contributed by atoms with Gasteiger partial charge >= 0.3 is 12.1 Å². The molecular formula is C17H21N3O4. The molecule has 0 unspecified atom stereocenters. The molecule has 2 rings (SSSR count). The average Bonchev–Trinajstić information content (AvgIpc) is 2.98. The van der Waals surface area contributed by atoms with Crippen molar-refractivity contribution < 1.29 is 18.7 Å². The van der Waals surface area contributed by atoms with Crippen LogP contribution in [0.2, 0.25) is 0 Å². The number of furan rings is 1. The number of ether oxygens (including phenoxy) is 1. The fraction of sp³-hybridized carbons (Fsp3) is 0.294. The SMILES string of the molecule is CC(C)(C)OC(=O)Nc1ccc(NC(=O)NCc2ccco2)cc1. The van der Waals surface area contributed by atoms with E-state index in [4.69, 9.17) is 9.15 Å². The molecule has 1 heterocycles. The van der Waals surface area contributed by atoms with Gasteiger partial charge in [-0.15, -0.1) is 0 Å². The Hall–Kier alpha value is -2.96. The van der Waals surface area contributed by atoms with E-state index < -0.39 is 11.7 Å². The number of anilines is 2. The summed E-state index contributed by atoms with van der Waals surface area (Å²) in [4.78, 5) is 23.4. The molecule has 0 saturated carbocycles. The van der Waals surface area contributed by atoms with E-state index in [2.05, 4.69) is 16.0 Å². The van der Waals surface area contributed by atoms with Crippen LogP contribution in [-0.4, -0.2) is 17.7 Å². The van der Waals surface area contributed by atoms with E-state index in [0.717, 1.165) is 0 Å². The Labute approximate surface area is 140 Å². The van der Waals surface area contributed by atoms with Crippen LogP contribution in [-0.2, 0) is 11.3 Å². The molecule has 3 amide bonds. The number of amides is 3. The number of benzene rings is 1. The fourth-order valence-corrected chi connectivity index (χ4v) is 1.81. The van der Waals surface area contributed by atoms with Crippen molar-refractivity contribution in [1.29, 1.82) is 0 Å². The van der Waals surface area contributed by atoms with E-state index in [1.807, 2.05) is 0 Å². The van der Waals surface area contributed by atoms with Crippen molar-refractivity contribution in [2.24, 2.45) is 0 Å². The molecule has 3 N–H and O–H groups in total. The lowest BCUT2D eigenvalue weighted by molar-refractivity contribution is 0.0636. The number of urea groups is 1. The zero-order valence-corrected chi connectivity index (χ0v) is 13.9. The van der Waals surface area contributed by atoms with E-state index >= 15 is 0 Å². The van der Waals surface area contributed by atoms with Gasteiger partial charge in [-0.2, -0.15) is 0 Å². The van der Waals surface area contributed by atoms with Crippen molar-refractivity contribution in [3.63, 3.8) is 0 Å². The van der Waals surface area contributed by atoms with Crippen molar-refractivity contribution in [2.45, 2.75) is 32.9 Å². The summed E-state index contributed by atoms with van der Waals surface area (Å²) in [6, 6.07) is 9.89. The van der Waals surface area contributed by atoms with Gasteiger partial charge in [0.15, 0.2) is 0 Å². The maximum Gasteiger partial charge on any atom is 0.412 e. The summed E-state index contributed by atoms with van der Waals surface area (Å²) in [5.41, 5.74) is 0.616. The number of hydrogen-bond donors (Lipinski definition) is 3. The van der Waals surface area contributed by atoms with Crippen LogP contribution >= 0.6 is 0 Å². The zero-order chi connectivity index (χ0) is 17.6. The van der Waals surface area contributed by atoms with Gasteiger partial charge in [0.1, 0.15) is 11.4 Å². The third-order valence-electron chi connectivity index (χ3n) is 2.79. The number of nitrogens with one attached hydrogen (secondary N) is 3. The first-order valence-electron chi connectivity index (χ1n) is 7.49. The van der Waals surface area contributed by atoms with Gasteiger partial charge in [0.25, 0.3) is 0 Å². The van der Waals surface area contributed by atoms with Gasteiger partial charge in [0, 0.05) is 11.4 Å². The van der Waals surface area contributed by atoms with Crippen molar-refractivity contribution >= 4 is 23.5 Å². The van der Waals surface area contributed by atoms with Gasteiger partial charge in [-0.25, -0.2) is 9.59 Å². The highest BCUT2D eigenvalue weighted by Gasteiger charge is 2.16. The van der Waals surface area contributed by atoms with Gasteiger partial charge in [-0.05, 0) is 57.2 Å². The maximum atomic E-state index is 11.8. The molecule has 24 heavy (non-hydrogen) atoms. The summed E-state index contributed by atoms with van der Waals surface area (Å²) >= 11 is 0. The Balaban J connectivity index is 1.81. The lowest BCUT2D eigenvalue weighted by Crippen LogP contribution is -2.28. The second-order valence-electron chi connectivity index (χ2n) is 6.09. The zero-order valence-electron chi connectivity index (χ0n) is 13.9. The van der Waals surface area contributed by atoms with Crippen molar-refractivity contribution in [1.82, 2.24) is 5.32 Å². The topological polar surface area (TPSA) is 92.6 Å². The highest BCUT2D eigenvalue weighted by molar-refractivity contribution is 5.90. The Kier molecular flexibility index (Phi) is 5.47. The summed E-state index contributed by atoms with van der Waals surface area (Å²) in [6.45, 7) is 5.68. The molecule has 0 spiro atoms. The molecule has 1 aromatic heterocycles. The fourth-order valence-electron chi connectivity index (χ4n) is 1.81. The number of carbonyl (C=O) groups is 2. The molecule has 0 saturated heterocycles. The molecule has 0 bridgehead atoms. The molecule has 7 heteroatoms. The van der Waals surface area contributed by atoms with Gasteiger partial charge < -0.3 is 19.8 Å². The van der Waals surface area contributed by atoms with Gasteiger partial charge in [0.2, 0.25) is 0 Å². The third-order valence-corrected chi connectivity index (χ3v) is 2.79. The Morgan fingerprint density at radius 3 is 2.21 bits per heavy atom. The van der Waals surface area contributed by atoms with Crippen LogP contribution in [0.4, 0.5) is 21.0 Å². The first kappa shape index (κ1) is 17.4. The molecular weight excluding hydrogens is 310 g/mol. The predicted octanol–water partition coefficient (Wildman–Crippen LogP) is 3.95. The maximum absolute atomic E-state index is 11.8. The summed E-state index contributed by atoms with van der Waals surface area (Å²) < 4.78 is 10.3. The number of rotatable bonds is 4. The highest BCUT2D eigenvalue weighted by Crippen LogP contribution is 2.15. The second kappa shape index (κ2) is 7.54. The number of hydrogen-bond acceptors (Lipinski definition) is 4. The molecule has 0 aliphatic heterocycles. The Morgan fingerprint density at radius 2 is 1.67 bits per heavy atom. The first-order chi connectivity index (χ1) is 11.3. The Morgan fingerprint density at radius 1 is 1.04 bits per heavy atom. The summed E-state index contributed by atoms with van der Waals surface area (Å²) in [7, 11) is 0. The molecule has 0 atom stereocenters.